The van der Waals surface area contributed by atoms with Crippen LogP contribution < -0.4 is 11.1 Å². The van der Waals surface area contributed by atoms with Gasteiger partial charge in [-0.25, -0.2) is 5.01 Å². The number of rotatable bonds is 9. The minimum Gasteiger partial charge on any atom is -0.374 e. The molecule has 2 atom stereocenters. The van der Waals surface area contributed by atoms with E-state index in [1.807, 2.05) is 60.7 Å². The van der Waals surface area contributed by atoms with E-state index in [4.69, 9.17) is 10.5 Å². The van der Waals surface area contributed by atoms with Crippen LogP contribution in [0.5, 0.6) is 0 Å². The molecule has 9 nitrogen and oxygen atoms in total. The first kappa shape index (κ1) is 26.5. The summed E-state index contributed by atoms with van der Waals surface area (Å²) in [6, 6.07) is 18.5. The van der Waals surface area contributed by atoms with Crippen LogP contribution in [-0.4, -0.2) is 71.7 Å². The van der Waals surface area contributed by atoms with Crippen LogP contribution in [0.4, 0.5) is 0 Å². The Morgan fingerprint density at radius 3 is 2.35 bits per heavy atom. The minimum absolute atomic E-state index is 0.00743. The van der Waals surface area contributed by atoms with E-state index in [1.165, 1.54) is 5.01 Å². The van der Waals surface area contributed by atoms with E-state index in [1.54, 1.807) is 25.8 Å². The highest BCUT2D eigenvalue weighted by atomic mass is 16.5. The van der Waals surface area contributed by atoms with Crippen LogP contribution in [-0.2, 0) is 32.1 Å². The fourth-order valence-electron chi connectivity index (χ4n) is 4.78. The number of carbonyl (C=O) groups excluding carboxylic acids is 3. The van der Waals surface area contributed by atoms with Gasteiger partial charge in [-0.3, -0.25) is 14.4 Å². The predicted octanol–water partition coefficient (Wildman–Crippen LogP) is 1.71. The van der Waals surface area contributed by atoms with Crippen molar-refractivity contribution in [3.63, 3.8) is 0 Å². The van der Waals surface area contributed by atoms with E-state index in [0.29, 0.717) is 31.7 Å². The van der Waals surface area contributed by atoms with E-state index in [0.717, 1.165) is 11.1 Å². The largest absolute Gasteiger partial charge is 0.374 e. The zero-order chi connectivity index (χ0) is 26.6. The third-order valence-corrected chi connectivity index (χ3v) is 6.92. The lowest BCUT2D eigenvalue weighted by molar-refractivity contribution is -0.141. The van der Waals surface area contributed by atoms with E-state index >= 15 is 0 Å². The average molecular weight is 506 g/mol. The Balaban J connectivity index is 1.49. The number of fused-ring (bicyclic) bond motifs is 1. The van der Waals surface area contributed by atoms with Gasteiger partial charge in [-0.15, -0.1) is 0 Å². The van der Waals surface area contributed by atoms with Crippen molar-refractivity contribution in [2.24, 2.45) is 16.3 Å². The summed E-state index contributed by atoms with van der Waals surface area (Å²) in [6.07, 6.45) is 0.975. The first-order valence-electron chi connectivity index (χ1n) is 12.5. The number of nitrogens with two attached hydrogens (primary N) is 1. The monoisotopic (exact) mass is 505 g/mol. The number of ether oxygens (including phenoxy) is 1. The van der Waals surface area contributed by atoms with E-state index in [-0.39, 0.29) is 25.0 Å². The number of piperidine rings is 1. The Labute approximate surface area is 217 Å². The smallest absolute Gasteiger partial charge is 0.254 e. The lowest BCUT2D eigenvalue weighted by Gasteiger charge is -2.39. The molecule has 2 unspecified atom stereocenters. The molecular formula is C28H35N5O4. The molecule has 2 aliphatic rings. The van der Waals surface area contributed by atoms with Gasteiger partial charge in [0.2, 0.25) is 11.8 Å². The molecular weight excluding hydrogens is 470 g/mol. The number of amides is 3. The predicted molar refractivity (Wildman–Crippen MR) is 140 cm³/mol. The highest BCUT2D eigenvalue weighted by Gasteiger charge is 2.53. The number of nitrogens with zero attached hydrogens (tertiary/aromatic N) is 3. The Morgan fingerprint density at radius 1 is 1.11 bits per heavy atom. The van der Waals surface area contributed by atoms with Crippen LogP contribution in [0.3, 0.4) is 0 Å². The molecule has 0 aromatic heterocycles. The van der Waals surface area contributed by atoms with Gasteiger partial charge in [0.05, 0.1) is 36.4 Å². The molecule has 0 radical (unpaired) electrons. The van der Waals surface area contributed by atoms with Gasteiger partial charge < -0.3 is 20.7 Å². The van der Waals surface area contributed by atoms with Gasteiger partial charge in [-0.2, -0.15) is 5.10 Å². The topological polar surface area (TPSA) is 117 Å². The molecule has 4 rings (SSSR count). The summed E-state index contributed by atoms with van der Waals surface area (Å²) >= 11 is 0. The van der Waals surface area contributed by atoms with E-state index in [2.05, 4.69) is 10.4 Å². The second kappa shape index (κ2) is 10.8. The van der Waals surface area contributed by atoms with Crippen LogP contribution in [0, 0.1) is 5.41 Å². The van der Waals surface area contributed by atoms with Gasteiger partial charge >= 0.3 is 0 Å². The SMILES string of the molecule is CN1N=C2CN(C(=O)C(COCc3ccccc3)NC(=O)C(C)(C)N)CCC2(Cc2ccccc2)C1=O. The molecule has 0 aliphatic carbocycles. The van der Waals surface area contributed by atoms with Gasteiger partial charge in [0.25, 0.3) is 5.91 Å². The normalized spacial score (nSPS) is 20.3. The van der Waals surface area contributed by atoms with Crippen LogP contribution in [0.25, 0.3) is 0 Å². The van der Waals surface area contributed by atoms with E-state index < -0.39 is 22.9 Å². The Bertz CT molecular complexity index is 1160. The second-order valence-corrected chi connectivity index (χ2v) is 10.4. The van der Waals surface area contributed by atoms with Gasteiger partial charge in [-0.1, -0.05) is 60.7 Å². The third-order valence-electron chi connectivity index (χ3n) is 6.92. The second-order valence-electron chi connectivity index (χ2n) is 10.4. The molecule has 0 bridgehead atoms. The standard InChI is InChI=1S/C28H35N5O4/c1-27(2,29)25(35)30-22(19-37-18-21-12-8-5-9-13-21)24(34)33-15-14-28(16-20-10-6-4-7-11-20)23(17-33)31-32(3)26(28)36/h4-13,22H,14-19,29H2,1-3H3,(H,30,35). The maximum Gasteiger partial charge on any atom is 0.254 e. The Kier molecular flexibility index (Phi) is 7.75. The van der Waals surface area contributed by atoms with Crippen LogP contribution in [0.1, 0.15) is 31.4 Å². The summed E-state index contributed by atoms with van der Waals surface area (Å²) in [4.78, 5) is 41.2. The van der Waals surface area contributed by atoms with Gasteiger partial charge in [0.15, 0.2) is 0 Å². The molecule has 0 spiro atoms. The molecule has 2 aromatic carbocycles. The summed E-state index contributed by atoms with van der Waals surface area (Å²) in [7, 11) is 1.65. The lowest BCUT2D eigenvalue weighted by atomic mass is 9.72. The van der Waals surface area contributed by atoms with Crippen LogP contribution >= 0.6 is 0 Å². The molecule has 2 heterocycles. The van der Waals surface area contributed by atoms with Crippen molar-refractivity contribution in [2.75, 3.05) is 26.7 Å². The summed E-state index contributed by atoms with van der Waals surface area (Å²) in [5, 5.41) is 8.67. The number of hydrogen-bond donors (Lipinski definition) is 2. The number of carbonyl (C=O) groups is 3. The van der Waals surface area contributed by atoms with Crippen LogP contribution in [0.2, 0.25) is 0 Å². The van der Waals surface area contributed by atoms with Crippen molar-refractivity contribution in [3.05, 3.63) is 71.8 Å². The van der Waals surface area contributed by atoms with E-state index in [9.17, 15) is 14.4 Å². The molecule has 1 fully saturated rings. The molecule has 196 valence electrons. The first-order chi connectivity index (χ1) is 17.6. The first-order valence-corrected chi connectivity index (χ1v) is 12.5. The van der Waals surface area contributed by atoms with Crippen molar-refractivity contribution >= 4 is 23.4 Å². The van der Waals surface area contributed by atoms with Crippen molar-refractivity contribution in [2.45, 2.75) is 44.9 Å². The number of hydrogen-bond acceptors (Lipinski definition) is 6. The van der Waals surface area contributed by atoms with Crippen LogP contribution in [0.15, 0.2) is 65.8 Å². The van der Waals surface area contributed by atoms with Gasteiger partial charge in [-0.05, 0) is 37.8 Å². The van der Waals surface area contributed by atoms with Crippen molar-refractivity contribution < 1.29 is 19.1 Å². The minimum atomic E-state index is -1.16. The third kappa shape index (κ3) is 5.89. The molecule has 3 N–H and O–H groups in total. The molecule has 2 aliphatic heterocycles. The molecule has 37 heavy (non-hydrogen) atoms. The number of hydrazone groups is 1. The van der Waals surface area contributed by atoms with Crippen molar-refractivity contribution in [1.29, 1.82) is 0 Å². The van der Waals surface area contributed by atoms with Crippen molar-refractivity contribution in [1.82, 2.24) is 15.2 Å². The fraction of sp³-hybridized carbons (Fsp3) is 0.429. The summed E-state index contributed by atoms with van der Waals surface area (Å²) in [5.74, 6) is -0.791. The summed E-state index contributed by atoms with van der Waals surface area (Å²) in [5.41, 5.74) is 6.72. The number of likely N-dealkylation sites (tertiary alicyclic amines) is 1. The van der Waals surface area contributed by atoms with Gasteiger partial charge in [0.1, 0.15) is 6.04 Å². The number of benzene rings is 2. The van der Waals surface area contributed by atoms with Crippen molar-refractivity contribution in [3.8, 4) is 0 Å². The summed E-state index contributed by atoms with van der Waals surface area (Å²) < 4.78 is 5.83. The molecule has 9 heteroatoms. The molecule has 2 aromatic rings. The lowest BCUT2D eigenvalue weighted by Crippen LogP contribution is -2.60. The fourth-order valence-corrected chi connectivity index (χ4v) is 4.78. The maximum atomic E-state index is 13.7. The highest BCUT2D eigenvalue weighted by molar-refractivity contribution is 6.14. The zero-order valence-electron chi connectivity index (χ0n) is 21.6. The maximum absolute atomic E-state index is 13.7. The quantitative estimate of drug-likeness (QED) is 0.538. The Morgan fingerprint density at radius 2 is 1.73 bits per heavy atom. The molecule has 1 saturated heterocycles. The number of nitrogens with one attached hydrogen (secondary N) is 1. The average Bonchev–Trinajstić information content (AvgIpc) is 3.12. The van der Waals surface area contributed by atoms with Gasteiger partial charge in [0, 0.05) is 13.6 Å². The Hall–Kier alpha value is -3.56. The summed E-state index contributed by atoms with van der Waals surface area (Å²) in [6.45, 7) is 4.04. The zero-order valence-corrected chi connectivity index (χ0v) is 21.6. The molecule has 3 amide bonds. The molecule has 0 saturated carbocycles. The highest BCUT2D eigenvalue weighted by Crippen LogP contribution is 2.39.